The summed E-state index contributed by atoms with van der Waals surface area (Å²) >= 11 is 2.98. The van der Waals surface area contributed by atoms with Crippen molar-refractivity contribution in [3.05, 3.63) is 28.2 Å². The summed E-state index contributed by atoms with van der Waals surface area (Å²) in [6.45, 7) is -0.0223. The van der Waals surface area contributed by atoms with Gasteiger partial charge in [-0.2, -0.15) is 0 Å². The van der Waals surface area contributed by atoms with Gasteiger partial charge in [-0.25, -0.2) is 8.78 Å². The fourth-order valence-electron chi connectivity index (χ4n) is 2.36. The largest absolute Gasteiger partial charge is 0.374 e. The minimum Gasteiger partial charge on any atom is -0.374 e. The van der Waals surface area contributed by atoms with Crippen molar-refractivity contribution in [3.63, 3.8) is 0 Å². The number of rotatable bonds is 4. The van der Waals surface area contributed by atoms with E-state index in [-0.39, 0.29) is 28.7 Å². The van der Waals surface area contributed by atoms with Crippen LogP contribution < -0.4 is 10.6 Å². The summed E-state index contributed by atoms with van der Waals surface area (Å²) in [4.78, 5) is 11.8. The highest BCUT2D eigenvalue weighted by molar-refractivity contribution is 9.10. The first-order valence-corrected chi connectivity index (χ1v) is 7.53. The van der Waals surface area contributed by atoms with Gasteiger partial charge in [0.05, 0.1) is 16.7 Å². The Balaban J connectivity index is 1.85. The van der Waals surface area contributed by atoms with Gasteiger partial charge in [0, 0.05) is 12.1 Å². The first kappa shape index (κ1) is 15.2. The monoisotopic (exact) mass is 346 g/mol. The number of amides is 1. The molecule has 0 atom stereocenters. The molecule has 3 nitrogen and oxygen atoms in total. The van der Waals surface area contributed by atoms with E-state index in [1.54, 1.807) is 0 Å². The Morgan fingerprint density at radius 3 is 2.60 bits per heavy atom. The van der Waals surface area contributed by atoms with Crippen LogP contribution in [0, 0.1) is 11.6 Å². The average molecular weight is 347 g/mol. The second-order valence-electron chi connectivity index (χ2n) is 5.00. The fraction of sp³-hybridized carbons (Fsp3) is 0.500. The molecule has 1 aliphatic rings. The van der Waals surface area contributed by atoms with Gasteiger partial charge in [-0.15, -0.1) is 0 Å². The predicted octanol–water partition coefficient (Wildman–Crippen LogP) is 3.59. The van der Waals surface area contributed by atoms with Gasteiger partial charge < -0.3 is 10.6 Å². The minimum atomic E-state index is -0.712. The zero-order valence-electron chi connectivity index (χ0n) is 11.0. The van der Waals surface area contributed by atoms with Crippen molar-refractivity contribution in [3.8, 4) is 0 Å². The molecule has 1 amide bonds. The number of anilines is 1. The molecule has 0 bridgehead atoms. The molecule has 20 heavy (non-hydrogen) atoms. The molecule has 110 valence electrons. The molecule has 0 unspecified atom stereocenters. The molecule has 0 heterocycles. The second kappa shape index (κ2) is 7.02. The highest BCUT2D eigenvalue weighted by Crippen LogP contribution is 2.23. The Morgan fingerprint density at radius 2 is 1.90 bits per heavy atom. The Hall–Kier alpha value is -1.17. The summed E-state index contributed by atoms with van der Waals surface area (Å²) in [6, 6.07) is 2.30. The van der Waals surface area contributed by atoms with Gasteiger partial charge in [-0.1, -0.05) is 19.3 Å². The number of carbonyl (C=O) groups excluding carboxylic acids is 1. The van der Waals surface area contributed by atoms with E-state index in [0.29, 0.717) is 0 Å². The lowest BCUT2D eigenvalue weighted by molar-refractivity contribution is -0.120. The van der Waals surface area contributed by atoms with Crippen molar-refractivity contribution < 1.29 is 13.6 Å². The lowest BCUT2D eigenvalue weighted by Crippen LogP contribution is -2.39. The molecule has 2 N–H and O–H groups in total. The first-order valence-electron chi connectivity index (χ1n) is 6.74. The van der Waals surface area contributed by atoms with Crippen LogP contribution in [0.15, 0.2) is 16.6 Å². The van der Waals surface area contributed by atoms with Crippen LogP contribution in [0.3, 0.4) is 0 Å². The molecule has 0 spiro atoms. The maximum atomic E-state index is 13.5. The highest BCUT2D eigenvalue weighted by atomic mass is 79.9. The third kappa shape index (κ3) is 4.16. The number of nitrogens with one attached hydrogen (secondary N) is 2. The van der Waals surface area contributed by atoms with Crippen molar-refractivity contribution in [2.75, 3.05) is 11.9 Å². The fourth-order valence-corrected chi connectivity index (χ4v) is 2.70. The summed E-state index contributed by atoms with van der Waals surface area (Å²) in [5.41, 5.74) is 0.108. The number of benzene rings is 1. The summed E-state index contributed by atoms with van der Waals surface area (Å²) in [6.07, 6.45) is 5.50. The van der Waals surface area contributed by atoms with Crippen molar-refractivity contribution in [2.45, 2.75) is 38.1 Å². The highest BCUT2D eigenvalue weighted by Gasteiger charge is 2.16. The zero-order valence-corrected chi connectivity index (χ0v) is 12.6. The van der Waals surface area contributed by atoms with Crippen LogP contribution in [0.25, 0.3) is 0 Å². The van der Waals surface area contributed by atoms with Crippen LogP contribution in [-0.2, 0) is 4.79 Å². The SMILES string of the molecule is O=C(CNc1cc(Br)c(F)cc1F)NC1CCCCC1. The van der Waals surface area contributed by atoms with Crippen LogP contribution in [0.4, 0.5) is 14.5 Å². The molecule has 1 aliphatic carbocycles. The maximum Gasteiger partial charge on any atom is 0.239 e. The van der Waals surface area contributed by atoms with Crippen LogP contribution in [0.5, 0.6) is 0 Å². The summed E-state index contributed by atoms with van der Waals surface area (Å²) in [5.74, 6) is -1.55. The van der Waals surface area contributed by atoms with Crippen LogP contribution in [-0.4, -0.2) is 18.5 Å². The van der Waals surface area contributed by atoms with Crippen molar-refractivity contribution >= 4 is 27.5 Å². The Morgan fingerprint density at radius 1 is 1.20 bits per heavy atom. The molecule has 2 rings (SSSR count). The van der Waals surface area contributed by atoms with E-state index in [9.17, 15) is 13.6 Å². The van der Waals surface area contributed by atoms with Gasteiger partial charge in [0.1, 0.15) is 11.6 Å². The second-order valence-corrected chi connectivity index (χ2v) is 5.86. The van der Waals surface area contributed by atoms with E-state index in [1.165, 1.54) is 12.5 Å². The molecule has 0 aromatic heterocycles. The predicted molar refractivity (Wildman–Crippen MR) is 77.6 cm³/mol. The van der Waals surface area contributed by atoms with E-state index in [0.717, 1.165) is 31.7 Å². The molecule has 1 fully saturated rings. The standard InChI is InChI=1S/C14H17BrF2N2O/c15-10-6-13(12(17)7-11(10)16)18-8-14(20)19-9-4-2-1-3-5-9/h6-7,9,18H,1-5,8H2,(H,19,20). The van der Waals surface area contributed by atoms with Crippen LogP contribution in [0.1, 0.15) is 32.1 Å². The van der Waals surface area contributed by atoms with E-state index >= 15 is 0 Å². The number of hydrogen-bond donors (Lipinski definition) is 2. The third-order valence-electron chi connectivity index (χ3n) is 3.42. The van der Waals surface area contributed by atoms with Crippen LogP contribution in [0.2, 0.25) is 0 Å². The molecular weight excluding hydrogens is 330 g/mol. The molecule has 1 saturated carbocycles. The van der Waals surface area contributed by atoms with Gasteiger partial charge in [0.2, 0.25) is 5.91 Å². The lowest BCUT2D eigenvalue weighted by atomic mass is 9.95. The number of hydrogen-bond acceptors (Lipinski definition) is 2. The maximum absolute atomic E-state index is 13.5. The lowest BCUT2D eigenvalue weighted by Gasteiger charge is -2.22. The third-order valence-corrected chi connectivity index (χ3v) is 4.03. The normalized spacial score (nSPS) is 15.9. The Labute approximate surface area is 125 Å². The Bertz CT molecular complexity index is 490. The molecule has 6 heteroatoms. The van der Waals surface area contributed by atoms with Crippen LogP contribution >= 0.6 is 15.9 Å². The Kier molecular flexibility index (Phi) is 5.34. The van der Waals surface area contributed by atoms with Crippen molar-refractivity contribution in [1.29, 1.82) is 0 Å². The first-order chi connectivity index (χ1) is 9.56. The average Bonchev–Trinajstić information content (AvgIpc) is 2.42. The van der Waals surface area contributed by atoms with Gasteiger partial charge >= 0.3 is 0 Å². The molecular formula is C14H17BrF2N2O. The molecule has 0 radical (unpaired) electrons. The summed E-state index contributed by atoms with van der Waals surface area (Å²) in [7, 11) is 0. The molecule has 1 aromatic carbocycles. The van der Waals surface area contributed by atoms with Gasteiger partial charge in [-0.05, 0) is 34.8 Å². The van der Waals surface area contributed by atoms with Crippen molar-refractivity contribution in [2.24, 2.45) is 0 Å². The van der Waals surface area contributed by atoms with E-state index in [1.807, 2.05) is 0 Å². The summed E-state index contributed by atoms with van der Waals surface area (Å²) in [5, 5.41) is 5.61. The minimum absolute atomic E-state index is 0.0223. The van der Waals surface area contributed by atoms with Gasteiger partial charge in [0.25, 0.3) is 0 Å². The quantitative estimate of drug-likeness (QED) is 0.818. The topological polar surface area (TPSA) is 41.1 Å². The van der Waals surface area contributed by atoms with E-state index in [2.05, 4.69) is 26.6 Å². The van der Waals surface area contributed by atoms with Gasteiger partial charge in [0.15, 0.2) is 0 Å². The number of halogens is 3. The smallest absolute Gasteiger partial charge is 0.239 e. The number of carbonyl (C=O) groups is 1. The van der Waals surface area contributed by atoms with Crippen molar-refractivity contribution in [1.82, 2.24) is 5.32 Å². The summed E-state index contributed by atoms with van der Waals surface area (Å²) < 4.78 is 26.7. The molecule has 0 aliphatic heterocycles. The molecule has 1 aromatic rings. The van der Waals surface area contributed by atoms with E-state index in [4.69, 9.17) is 0 Å². The van der Waals surface area contributed by atoms with E-state index < -0.39 is 11.6 Å². The molecule has 0 saturated heterocycles. The van der Waals surface area contributed by atoms with Gasteiger partial charge in [-0.3, -0.25) is 4.79 Å². The zero-order chi connectivity index (χ0) is 14.5.